The fourth-order valence-corrected chi connectivity index (χ4v) is 3.46. The number of unbranched alkanes of at least 4 members (excludes halogenated alkanes) is 8. The minimum atomic E-state index is -0.477. The fourth-order valence-electron chi connectivity index (χ4n) is 3.28. The van der Waals surface area contributed by atoms with Gasteiger partial charge in [-0.1, -0.05) is 69.9 Å². The molecule has 0 radical (unpaired) electrons. The van der Waals surface area contributed by atoms with Crippen LogP contribution in [0, 0.1) is 0 Å². The highest BCUT2D eigenvalue weighted by Crippen LogP contribution is 2.16. The van der Waals surface area contributed by atoms with Gasteiger partial charge < -0.3 is 9.73 Å². The third kappa shape index (κ3) is 9.22. The molecule has 0 saturated heterocycles. The molecule has 1 aromatic carbocycles. The predicted octanol–water partition coefficient (Wildman–Crippen LogP) is 4.93. The van der Waals surface area contributed by atoms with Gasteiger partial charge in [0.25, 0.3) is 5.91 Å². The minimum absolute atomic E-state index is 0.154. The summed E-state index contributed by atoms with van der Waals surface area (Å²) >= 11 is 5.92. The number of rotatable bonds is 14. The Kier molecular flexibility index (Phi) is 11.5. The number of hydrogen-bond acceptors (Lipinski definition) is 5. The topological polar surface area (TPSA) is 101 Å². The third-order valence-electron chi connectivity index (χ3n) is 5.11. The Bertz CT molecular complexity index is 971. The minimum Gasteiger partial charge on any atom is -0.463 e. The normalized spacial score (nSPS) is 11.2. The van der Waals surface area contributed by atoms with Gasteiger partial charge in [-0.25, -0.2) is 5.43 Å². The molecule has 7 nitrogen and oxygen atoms in total. The summed E-state index contributed by atoms with van der Waals surface area (Å²) in [6.07, 6.45) is 13.5. The Labute approximate surface area is 193 Å². The maximum atomic E-state index is 12.4. The summed E-state index contributed by atoms with van der Waals surface area (Å²) in [6.45, 7) is 2.04. The number of benzene rings is 1. The smallest absolute Gasteiger partial charge is 0.259 e. The van der Waals surface area contributed by atoms with Crippen molar-refractivity contribution >= 4 is 40.6 Å². The Hall–Kier alpha value is -2.67. The number of halogens is 1. The average molecular weight is 462 g/mol. The van der Waals surface area contributed by atoms with Gasteiger partial charge in [-0.05, 0) is 24.6 Å². The first-order valence-electron chi connectivity index (χ1n) is 11.3. The van der Waals surface area contributed by atoms with Gasteiger partial charge in [-0.2, -0.15) is 5.10 Å². The van der Waals surface area contributed by atoms with Gasteiger partial charge in [0.1, 0.15) is 11.8 Å². The number of hydrogen-bond donors (Lipinski definition) is 2. The molecule has 0 atom stereocenters. The molecule has 0 saturated carbocycles. The van der Waals surface area contributed by atoms with Gasteiger partial charge in [0.15, 0.2) is 0 Å². The van der Waals surface area contributed by atoms with Crippen LogP contribution >= 0.6 is 11.6 Å². The van der Waals surface area contributed by atoms with Crippen LogP contribution < -0.4 is 16.2 Å². The zero-order chi connectivity index (χ0) is 23.2. The Morgan fingerprint density at radius 2 is 1.72 bits per heavy atom. The van der Waals surface area contributed by atoms with Crippen molar-refractivity contribution in [2.24, 2.45) is 5.10 Å². The summed E-state index contributed by atoms with van der Waals surface area (Å²) in [4.78, 5) is 36.1. The predicted molar refractivity (Wildman–Crippen MR) is 128 cm³/mol. The third-order valence-corrected chi connectivity index (χ3v) is 5.34. The molecule has 0 spiro atoms. The summed E-state index contributed by atoms with van der Waals surface area (Å²) in [7, 11) is 0. The van der Waals surface area contributed by atoms with Gasteiger partial charge in [0.05, 0.1) is 23.7 Å². The van der Waals surface area contributed by atoms with Gasteiger partial charge in [-0.15, -0.1) is 0 Å². The molecule has 0 aliphatic rings. The molecule has 174 valence electrons. The van der Waals surface area contributed by atoms with E-state index in [1.54, 1.807) is 12.1 Å². The van der Waals surface area contributed by atoms with Crippen molar-refractivity contribution in [1.29, 1.82) is 0 Å². The Balaban J connectivity index is 1.62. The first-order chi connectivity index (χ1) is 15.5. The van der Waals surface area contributed by atoms with Crippen molar-refractivity contribution in [3.63, 3.8) is 0 Å². The molecule has 0 fully saturated rings. The zero-order valence-corrected chi connectivity index (χ0v) is 19.4. The van der Waals surface area contributed by atoms with Crippen molar-refractivity contribution in [2.75, 3.05) is 6.54 Å². The van der Waals surface area contributed by atoms with Gasteiger partial charge in [-0.3, -0.25) is 14.4 Å². The molecule has 0 aliphatic heterocycles. The van der Waals surface area contributed by atoms with Crippen LogP contribution in [0.4, 0.5) is 0 Å². The number of carbonyl (C=O) groups is 2. The molecular formula is C24H32ClN3O4. The molecule has 0 aliphatic carbocycles. The van der Waals surface area contributed by atoms with Crippen LogP contribution in [0.15, 0.2) is 38.8 Å². The summed E-state index contributed by atoms with van der Waals surface area (Å²) < 4.78 is 5.38. The SMILES string of the molecule is CCCCCCCCCCCC(=O)NCC(=O)N/N=C\c1coc2ccc(Cl)cc2c1=O. The lowest BCUT2D eigenvalue weighted by atomic mass is 10.1. The molecule has 0 unspecified atom stereocenters. The van der Waals surface area contributed by atoms with Gasteiger partial charge in [0.2, 0.25) is 11.3 Å². The largest absolute Gasteiger partial charge is 0.463 e. The number of carbonyl (C=O) groups excluding carboxylic acids is 2. The zero-order valence-electron chi connectivity index (χ0n) is 18.6. The summed E-state index contributed by atoms with van der Waals surface area (Å²) in [6, 6.07) is 4.76. The maximum absolute atomic E-state index is 12.4. The number of nitrogens with one attached hydrogen (secondary N) is 2. The highest BCUT2D eigenvalue weighted by atomic mass is 35.5. The van der Waals surface area contributed by atoms with Crippen LogP contribution in [0.25, 0.3) is 11.0 Å². The van der Waals surface area contributed by atoms with E-state index in [0.717, 1.165) is 19.3 Å². The molecule has 1 heterocycles. The molecule has 0 bridgehead atoms. The monoisotopic (exact) mass is 461 g/mol. The number of amides is 2. The van der Waals surface area contributed by atoms with E-state index in [9.17, 15) is 14.4 Å². The van der Waals surface area contributed by atoms with Crippen LogP contribution in [0.5, 0.6) is 0 Å². The second-order valence-electron chi connectivity index (χ2n) is 7.81. The molecule has 2 amide bonds. The Morgan fingerprint density at radius 3 is 2.44 bits per heavy atom. The van der Waals surface area contributed by atoms with Crippen molar-refractivity contribution < 1.29 is 14.0 Å². The molecule has 2 N–H and O–H groups in total. The van der Waals surface area contributed by atoms with Crippen molar-refractivity contribution in [3.8, 4) is 0 Å². The molecule has 8 heteroatoms. The van der Waals surface area contributed by atoms with Crippen molar-refractivity contribution in [1.82, 2.24) is 10.7 Å². The van der Waals surface area contributed by atoms with Gasteiger partial charge >= 0.3 is 0 Å². The second kappa shape index (κ2) is 14.4. The van der Waals surface area contributed by atoms with E-state index in [-0.39, 0.29) is 23.4 Å². The van der Waals surface area contributed by atoms with E-state index in [4.69, 9.17) is 16.0 Å². The van der Waals surface area contributed by atoms with Crippen LogP contribution in [0.2, 0.25) is 5.02 Å². The number of fused-ring (bicyclic) bond motifs is 1. The average Bonchev–Trinajstić information content (AvgIpc) is 2.78. The van der Waals surface area contributed by atoms with Gasteiger partial charge in [0, 0.05) is 11.4 Å². The summed E-state index contributed by atoms with van der Waals surface area (Å²) in [5, 5.41) is 7.09. The lowest BCUT2D eigenvalue weighted by molar-refractivity contribution is -0.126. The van der Waals surface area contributed by atoms with Crippen LogP contribution in [-0.2, 0) is 9.59 Å². The Morgan fingerprint density at radius 1 is 1.03 bits per heavy atom. The van der Waals surface area contributed by atoms with E-state index in [2.05, 4.69) is 22.8 Å². The summed E-state index contributed by atoms with van der Waals surface area (Å²) in [5.41, 5.74) is 2.57. The maximum Gasteiger partial charge on any atom is 0.259 e. The molecule has 2 aromatic rings. The van der Waals surface area contributed by atoms with Crippen LogP contribution in [-0.4, -0.2) is 24.6 Å². The standard InChI is InChI=1S/C24H32ClN3O4/c1-2-3-4-5-6-7-8-9-10-11-22(29)26-16-23(30)28-27-15-18-17-32-21-13-12-19(25)14-20(21)24(18)31/h12-15,17H,2-11,16H2,1H3,(H,26,29)(H,28,30)/b27-15-. The number of hydrazone groups is 1. The lowest BCUT2D eigenvalue weighted by Gasteiger charge is -2.05. The van der Waals surface area contributed by atoms with Crippen molar-refractivity contribution in [3.05, 3.63) is 45.3 Å². The van der Waals surface area contributed by atoms with Crippen molar-refractivity contribution in [2.45, 2.75) is 71.1 Å². The van der Waals surface area contributed by atoms with E-state index >= 15 is 0 Å². The molecule has 2 rings (SSSR count). The molecule has 1 aromatic heterocycles. The highest BCUT2D eigenvalue weighted by Gasteiger charge is 2.07. The quantitative estimate of drug-likeness (QED) is 0.236. The fraction of sp³-hybridized carbons (Fsp3) is 0.500. The summed E-state index contributed by atoms with van der Waals surface area (Å²) in [5.74, 6) is -0.631. The molecule has 32 heavy (non-hydrogen) atoms. The highest BCUT2D eigenvalue weighted by molar-refractivity contribution is 6.31. The van der Waals surface area contributed by atoms with Crippen LogP contribution in [0.1, 0.15) is 76.7 Å². The first-order valence-corrected chi connectivity index (χ1v) is 11.7. The van der Waals surface area contributed by atoms with E-state index in [1.165, 1.54) is 57.1 Å². The van der Waals surface area contributed by atoms with E-state index in [0.29, 0.717) is 22.4 Å². The van der Waals surface area contributed by atoms with E-state index in [1.807, 2.05) is 0 Å². The molecular weight excluding hydrogens is 430 g/mol. The lowest BCUT2D eigenvalue weighted by Crippen LogP contribution is -2.34. The van der Waals surface area contributed by atoms with Crippen LogP contribution in [0.3, 0.4) is 0 Å². The first kappa shape index (κ1) is 25.6. The second-order valence-corrected chi connectivity index (χ2v) is 8.25. The van der Waals surface area contributed by atoms with E-state index < -0.39 is 5.91 Å². The number of nitrogens with zero attached hydrogens (tertiary/aromatic N) is 1.